The predicted molar refractivity (Wildman–Crippen MR) is 67.0 cm³/mol. The Bertz CT molecular complexity index is 443. The molecule has 1 atom stereocenters. The van der Waals surface area contributed by atoms with Crippen molar-refractivity contribution < 1.29 is 13.2 Å². The van der Waals surface area contributed by atoms with Gasteiger partial charge in [0.15, 0.2) is 0 Å². The summed E-state index contributed by atoms with van der Waals surface area (Å²) >= 11 is 0. The lowest BCUT2D eigenvalue weighted by Gasteiger charge is -2.16. The molecule has 0 bridgehead atoms. The second-order valence-electron chi connectivity index (χ2n) is 4.76. The normalized spacial score (nSPS) is 17.1. The smallest absolute Gasteiger partial charge is 0.370 e. The molecule has 0 radical (unpaired) electrons. The Morgan fingerprint density at radius 2 is 1.95 bits per heavy atom. The van der Waals surface area contributed by atoms with E-state index in [9.17, 15) is 13.2 Å². The zero-order chi connectivity index (χ0) is 14.0. The molecule has 2 N–H and O–H groups in total. The largest absolute Gasteiger partial charge is 0.451 e. The standard InChI is InChI=1S/C12H17F3N4/c1-3-16-9-6-10(17-7(2)8-4-5-8)19-11(18-9)12(13,14)15/h6-8H,3-5H2,1-2H3,(H2,16,17,18,19). The minimum atomic E-state index is -4.54. The first-order chi connectivity index (χ1) is 8.90. The van der Waals surface area contributed by atoms with Crippen molar-refractivity contribution in [3.63, 3.8) is 0 Å². The monoisotopic (exact) mass is 274 g/mol. The molecule has 1 aliphatic rings. The SMILES string of the molecule is CCNc1cc(NC(C)C2CC2)nc(C(F)(F)F)n1. The Hall–Kier alpha value is -1.53. The zero-order valence-electron chi connectivity index (χ0n) is 10.9. The minimum Gasteiger partial charge on any atom is -0.370 e. The van der Waals surface area contributed by atoms with E-state index in [2.05, 4.69) is 20.6 Å². The van der Waals surface area contributed by atoms with Gasteiger partial charge in [-0.05, 0) is 32.6 Å². The molecule has 0 aliphatic heterocycles. The number of hydrogen-bond donors (Lipinski definition) is 2. The van der Waals surface area contributed by atoms with Gasteiger partial charge in [-0.2, -0.15) is 13.2 Å². The van der Waals surface area contributed by atoms with Crippen LogP contribution in [-0.2, 0) is 6.18 Å². The highest BCUT2D eigenvalue weighted by atomic mass is 19.4. The van der Waals surface area contributed by atoms with E-state index < -0.39 is 12.0 Å². The number of nitrogens with one attached hydrogen (secondary N) is 2. The molecule has 1 aromatic heterocycles. The molecule has 1 heterocycles. The lowest BCUT2D eigenvalue weighted by molar-refractivity contribution is -0.144. The third-order valence-corrected chi connectivity index (χ3v) is 3.04. The van der Waals surface area contributed by atoms with Crippen LogP contribution in [-0.4, -0.2) is 22.6 Å². The highest BCUT2D eigenvalue weighted by Crippen LogP contribution is 2.34. The van der Waals surface area contributed by atoms with Gasteiger partial charge in [-0.25, -0.2) is 9.97 Å². The summed E-state index contributed by atoms with van der Waals surface area (Å²) in [5.41, 5.74) is 0. The van der Waals surface area contributed by atoms with Crippen molar-refractivity contribution in [3.05, 3.63) is 11.9 Å². The van der Waals surface area contributed by atoms with Crippen molar-refractivity contribution in [1.29, 1.82) is 0 Å². The van der Waals surface area contributed by atoms with Gasteiger partial charge in [-0.15, -0.1) is 0 Å². The predicted octanol–water partition coefficient (Wildman–Crippen LogP) is 3.14. The molecule has 0 amide bonds. The van der Waals surface area contributed by atoms with Gasteiger partial charge in [0.1, 0.15) is 11.6 Å². The molecule has 1 unspecified atom stereocenters. The molecule has 2 rings (SSSR count). The van der Waals surface area contributed by atoms with E-state index >= 15 is 0 Å². The molecule has 1 fully saturated rings. The Morgan fingerprint density at radius 3 is 2.47 bits per heavy atom. The maximum atomic E-state index is 12.7. The summed E-state index contributed by atoms with van der Waals surface area (Å²) < 4.78 is 38.1. The molecule has 106 valence electrons. The topological polar surface area (TPSA) is 49.8 Å². The van der Waals surface area contributed by atoms with E-state index in [1.165, 1.54) is 6.07 Å². The Balaban J connectivity index is 2.22. The third-order valence-electron chi connectivity index (χ3n) is 3.04. The second kappa shape index (κ2) is 5.22. The number of alkyl halides is 3. The lowest BCUT2D eigenvalue weighted by atomic mass is 10.2. The molecule has 1 aliphatic carbocycles. The van der Waals surface area contributed by atoms with E-state index in [1.54, 1.807) is 6.92 Å². The summed E-state index contributed by atoms with van der Waals surface area (Å²) in [5, 5.41) is 5.81. The van der Waals surface area contributed by atoms with E-state index in [0.29, 0.717) is 12.5 Å². The summed E-state index contributed by atoms with van der Waals surface area (Å²) in [7, 11) is 0. The molecule has 4 nitrogen and oxygen atoms in total. The van der Waals surface area contributed by atoms with Crippen molar-refractivity contribution in [2.75, 3.05) is 17.2 Å². The van der Waals surface area contributed by atoms with Gasteiger partial charge in [0, 0.05) is 18.7 Å². The van der Waals surface area contributed by atoms with Crippen LogP contribution in [0.2, 0.25) is 0 Å². The molecule has 0 spiro atoms. The summed E-state index contributed by atoms with van der Waals surface area (Å²) in [6.45, 7) is 4.27. The third kappa shape index (κ3) is 3.71. The quantitative estimate of drug-likeness (QED) is 0.866. The number of rotatable bonds is 5. The Labute approximate surface area is 109 Å². The van der Waals surface area contributed by atoms with E-state index in [4.69, 9.17) is 0 Å². The van der Waals surface area contributed by atoms with Gasteiger partial charge in [0.25, 0.3) is 0 Å². The molecule has 1 aromatic rings. The first kappa shape index (κ1) is 13.9. The highest BCUT2D eigenvalue weighted by molar-refractivity contribution is 5.48. The van der Waals surface area contributed by atoms with Crippen LogP contribution in [0.15, 0.2) is 6.07 Å². The maximum Gasteiger partial charge on any atom is 0.451 e. The van der Waals surface area contributed by atoms with Crippen LogP contribution in [0.25, 0.3) is 0 Å². The van der Waals surface area contributed by atoms with Gasteiger partial charge >= 0.3 is 6.18 Å². The Morgan fingerprint density at radius 1 is 1.32 bits per heavy atom. The van der Waals surface area contributed by atoms with E-state index in [0.717, 1.165) is 12.8 Å². The molecular weight excluding hydrogens is 257 g/mol. The summed E-state index contributed by atoms with van der Waals surface area (Å²) in [4.78, 5) is 7.02. The first-order valence-electron chi connectivity index (χ1n) is 6.37. The molecule has 7 heteroatoms. The van der Waals surface area contributed by atoms with Gasteiger partial charge < -0.3 is 10.6 Å². The number of aromatic nitrogens is 2. The van der Waals surface area contributed by atoms with Gasteiger partial charge in [-0.1, -0.05) is 0 Å². The summed E-state index contributed by atoms with van der Waals surface area (Å²) in [6.07, 6.45) is -2.30. The molecule has 19 heavy (non-hydrogen) atoms. The van der Waals surface area contributed by atoms with E-state index in [-0.39, 0.29) is 17.7 Å². The van der Waals surface area contributed by atoms with Crippen LogP contribution in [0.4, 0.5) is 24.8 Å². The minimum absolute atomic E-state index is 0.130. The molecule has 1 saturated carbocycles. The van der Waals surface area contributed by atoms with Crippen LogP contribution < -0.4 is 10.6 Å². The van der Waals surface area contributed by atoms with Gasteiger partial charge in [0.2, 0.25) is 5.82 Å². The van der Waals surface area contributed by atoms with Crippen molar-refractivity contribution in [3.8, 4) is 0 Å². The zero-order valence-corrected chi connectivity index (χ0v) is 10.9. The van der Waals surface area contributed by atoms with Crippen molar-refractivity contribution in [2.24, 2.45) is 5.92 Å². The fraction of sp³-hybridized carbons (Fsp3) is 0.667. The van der Waals surface area contributed by atoms with Crippen LogP contribution in [0.1, 0.15) is 32.5 Å². The molecular formula is C12H17F3N4. The lowest BCUT2D eigenvalue weighted by Crippen LogP contribution is -2.21. The highest BCUT2D eigenvalue weighted by Gasteiger charge is 2.36. The number of hydrogen-bond acceptors (Lipinski definition) is 4. The fourth-order valence-corrected chi connectivity index (χ4v) is 1.87. The van der Waals surface area contributed by atoms with Crippen molar-refractivity contribution >= 4 is 11.6 Å². The average molecular weight is 274 g/mol. The Kier molecular flexibility index (Phi) is 3.82. The van der Waals surface area contributed by atoms with Crippen molar-refractivity contribution in [2.45, 2.75) is 38.9 Å². The summed E-state index contributed by atoms with van der Waals surface area (Å²) in [6, 6.07) is 1.64. The average Bonchev–Trinajstić information content (AvgIpc) is 3.11. The van der Waals surface area contributed by atoms with Crippen LogP contribution in [0.5, 0.6) is 0 Å². The second-order valence-corrected chi connectivity index (χ2v) is 4.76. The number of anilines is 2. The number of halogens is 3. The molecule has 0 saturated heterocycles. The summed E-state index contributed by atoms with van der Waals surface area (Å²) in [5.74, 6) is -0.170. The van der Waals surface area contributed by atoms with Gasteiger partial charge in [-0.3, -0.25) is 0 Å². The van der Waals surface area contributed by atoms with Crippen LogP contribution in [0.3, 0.4) is 0 Å². The first-order valence-corrected chi connectivity index (χ1v) is 6.37. The molecule has 0 aromatic carbocycles. The fourth-order valence-electron chi connectivity index (χ4n) is 1.87. The van der Waals surface area contributed by atoms with Crippen LogP contribution >= 0.6 is 0 Å². The number of nitrogens with zero attached hydrogens (tertiary/aromatic N) is 2. The van der Waals surface area contributed by atoms with Crippen LogP contribution in [0, 0.1) is 5.92 Å². The van der Waals surface area contributed by atoms with Gasteiger partial charge in [0.05, 0.1) is 0 Å². The maximum absolute atomic E-state index is 12.7. The van der Waals surface area contributed by atoms with Crippen molar-refractivity contribution in [1.82, 2.24) is 9.97 Å². The van der Waals surface area contributed by atoms with E-state index in [1.807, 2.05) is 6.92 Å².